The van der Waals surface area contributed by atoms with E-state index in [1.807, 2.05) is 0 Å². The minimum atomic E-state index is -0.931. The minimum absolute atomic E-state index is 0.275. The van der Waals surface area contributed by atoms with E-state index in [-0.39, 0.29) is 12.7 Å². The van der Waals surface area contributed by atoms with Crippen LogP contribution in [0.1, 0.15) is 19.8 Å². The number of nitrogens with one attached hydrogen (secondary N) is 1. The van der Waals surface area contributed by atoms with E-state index in [4.69, 9.17) is 9.84 Å². The molecule has 0 bridgehead atoms. The summed E-state index contributed by atoms with van der Waals surface area (Å²) in [5.41, 5.74) is 0. The van der Waals surface area contributed by atoms with Crippen molar-refractivity contribution in [3.63, 3.8) is 0 Å². The lowest BCUT2D eigenvalue weighted by Crippen LogP contribution is -2.45. The van der Waals surface area contributed by atoms with Crippen LogP contribution in [0.25, 0.3) is 0 Å². The maximum absolute atomic E-state index is 9.79. The van der Waals surface area contributed by atoms with E-state index in [2.05, 4.69) is 12.2 Å². The third-order valence-corrected chi connectivity index (χ3v) is 2.74. The Kier molecular flexibility index (Phi) is 5.49. The van der Waals surface area contributed by atoms with Crippen molar-refractivity contribution in [2.45, 2.75) is 44.1 Å². The van der Waals surface area contributed by atoms with Gasteiger partial charge in [-0.2, -0.15) is 0 Å². The van der Waals surface area contributed by atoms with Crippen LogP contribution >= 0.6 is 0 Å². The van der Waals surface area contributed by atoms with Crippen molar-refractivity contribution in [2.24, 2.45) is 0 Å². The molecule has 4 N–H and O–H groups in total. The molecule has 5 heteroatoms. The van der Waals surface area contributed by atoms with Crippen LogP contribution in [-0.4, -0.2) is 59.4 Å². The van der Waals surface area contributed by atoms with Crippen LogP contribution in [0.3, 0.4) is 0 Å². The summed E-state index contributed by atoms with van der Waals surface area (Å²) in [7, 11) is 0. The van der Waals surface area contributed by atoms with E-state index in [9.17, 15) is 10.2 Å². The second kappa shape index (κ2) is 6.40. The first-order chi connectivity index (χ1) is 7.20. The molecule has 0 aromatic carbocycles. The van der Waals surface area contributed by atoms with Gasteiger partial charge in [-0.25, -0.2) is 0 Å². The van der Waals surface area contributed by atoms with Gasteiger partial charge in [0, 0.05) is 13.2 Å². The molecule has 1 saturated heterocycles. The second-order valence-corrected chi connectivity index (χ2v) is 3.94. The molecule has 5 nitrogen and oxygen atoms in total. The Hall–Kier alpha value is -0.200. The predicted molar refractivity (Wildman–Crippen MR) is 55.5 cm³/mol. The summed E-state index contributed by atoms with van der Waals surface area (Å²) in [5, 5.41) is 30.9. The van der Waals surface area contributed by atoms with Crippen molar-refractivity contribution in [1.82, 2.24) is 5.32 Å². The number of ether oxygens (including phenoxy) is 1. The van der Waals surface area contributed by atoms with E-state index in [0.29, 0.717) is 13.2 Å². The Labute approximate surface area is 90.1 Å². The molecule has 4 atom stereocenters. The summed E-state index contributed by atoms with van der Waals surface area (Å²) in [4.78, 5) is 0. The standard InChI is InChI=1S/C10H21NO4/c1-2-3-4-15-8-5-11-9(10(8)14)7(13)6-12/h7-14H,2-6H2,1H3/t7-,8-,9-,10-/m1/s1. The van der Waals surface area contributed by atoms with Gasteiger partial charge in [0.05, 0.1) is 31.0 Å². The molecule has 1 fully saturated rings. The van der Waals surface area contributed by atoms with Crippen LogP contribution in [0.2, 0.25) is 0 Å². The average Bonchev–Trinajstić information content (AvgIpc) is 2.60. The number of aliphatic hydroxyl groups is 3. The Balaban J connectivity index is 2.31. The number of aliphatic hydroxyl groups excluding tert-OH is 3. The Morgan fingerprint density at radius 2 is 2.27 bits per heavy atom. The fraction of sp³-hybridized carbons (Fsp3) is 1.00. The van der Waals surface area contributed by atoms with Crippen molar-refractivity contribution >= 4 is 0 Å². The highest BCUT2D eigenvalue weighted by molar-refractivity contribution is 4.95. The molecule has 0 aromatic heterocycles. The van der Waals surface area contributed by atoms with Gasteiger partial charge in [0.15, 0.2) is 0 Å². The molecule has 0 aliphatic carbocycles. The van der Waals surface area contributed by atoms with Crippen LogP contribution in [-0.2, 0) is 4.74 Å². The van der Waals surface area contributed by atoms with Crippen molar-refractivity contribution < 1.29 is 20.1 Å². The number of hydrogen-bond donors (Lipinski definition) is 4. The Morgan fingerprint density at radius 3 is 2.87 bits per heavy atom. The molecular formula is C10H21NO4. The average molecular weight is 219 g/mol. The molecule has 1 heterocycles. The van der Waals surface area contributed by atoms with Gasteiger partial charge in [0.25, 0.3) is 0 Å². The maximum atomic E-state index is 9.79. The zero-order valence-corrected chi connectivity index (χ0v) is 9.09. The van der Waals surface area contributed by atoms with Gasteiger partial charge >= 0.3 is 0 Å². The highest BCUT2D eigenvalue weighted by Gasteiger charge is 2.38. The molecule has 15 heavy (non-hydrogen) atoms. The molecule has 1 rings (SSSR count). The van der Waals surface area contributed by atoms with Gasteiger partial charge in [-0.15, -0.1) is 0 Å². The van der Waals surface area contributed by atoms with E-state index >= 15 is 0 Å². The second-order valence-electron chi connectivity index (χ2n) is 3.94. The summed E-state index contributed by atoms with van der Waals surface area (Å²) in [6.45, 7) is 2.87. The highest BCUT2D eigenvalue weighted by atomic mass is 16.5. The first-order valence-electron chi connectivity index (χ1n) is 5.52. The molecule has 0 unspecified atom stereocenters. The van der Waals surface area contributed by atoms with Crippen LogP contribution in [0, 0.1) is 0 Å². The third-order valence-electron chi connectivity index (χ3n) is 2.74. The quantitative estimate of drug-likeness (QED) is 0.424. The zero-order chi connectivity index (χ0) is 11.3. The lowest BCUT2D eigenvalue weighted by molar-refractivity contribution is -0.0412. The zero-order valence-electron chi connectivity index (χ0n) is 9.09. The summed E-state index contributed by atoms with van der Waals surface area (Å²) < 4.78 is 5.48. The van der Waals surface area contributed by atoms with Gasteiger partial charge in [-0.3, -0.25) is 0 Å². The highest BCUT2D eigenvalue weighted by Crippen LogP contribution is 2.15. The smallest absolute Gasteiger partial charge is 0.0993 e. The SMILES string of the molecule is CCCCO[C@@H]1CN[C@H]([C@H](O)CO)[C@@H]1O. The molecular weight excluding hydrogens is 198 g/mol. The van der Waals surface area contributed by atoms with Crippen molar-refractivity contribution in [3.05, 3.63) is 0 Å². The number of hydrogen-bond acceptors (Lipinski definition) is 5. The van der Waals surface area contributed by atoms with E-state index in [0.717, 1.165) is 12.8 Å². The molecule has 0 saturated carbocycles. The summed E-state index contributed by atoms with van der Waals surface area (Å²) in [6, 6.07) is -0.485. The van der Waals surface area contributed by atoms with Gasteiger partial charge in [-0.05, 0) is 6.42 Å². The molecule has 0 aromatic rings. The maximum Gasteiger partial charge on any atom is 0.0993 e. The molecule has 90 valence electrons. The number of rotatable bonds is 6. The van der Waals surface area contributed by atoms with Gasteiger partial charge in [0.2, 0.25) is 0 Å². The minimum Gasteiger partial charge on any atom is -0.394 e. The topological polar surface area (TPSA) is 82.0 Å². The van der Waals surface area contributed by atoms with Crippen molar-refractivity contribution in [3.8, 4) is 0 Å². The molecule has 1 aliphatic heterocycles. The van der Waals surface area contributed by atoms with Gasteiger partial charge in [0.1, 0.15) is 0 Å². The summed E-state index contributed by atoms with van der Waals surface area (Å²) in [6.07, 6.45) is 0.0709. The molecule has 0 spiro atoms. The van der Waals surface area contributed by atoms with E-state index < -0.39 is 18.2 Å². The Bertz CT molecular complexity index is 179. The van der Waals surface area contributed by atoms with Crippen LogP contribution in [0.5, 0.6) is 0 Å². The van der Waals surface area contributed by atoms with Crippen molar-refractivity contribution in [1.29, 1.82) is 0 Å². The lowest BCUT2D eigenvalue weighted by Gasteiger charge is -2.22. The summed E-state index contributed by atoms with van der Waals surface area (Å²) in [5.74, 6) is 0. The van der Waals surface area contributed by atoms with E-state index in [1.54, 1.807) is 0 Å². The Morgan fingerprint density at radius 1 is 1.53 bits per heavy atom. The largest absolute Gasteiger partial charge is 0.394 e. The van der Waals surface area contributed by atoms with Crippen LogP contribution in [0.4, 0.5) is 0 Å². The van der Waals surface area contributed by atoms with E-state index in [1.165, 1.54) is 0 Å². The summed E-state index contributed by atoms with van der Waals surface area (Å²) >= 11 is 0. The fourth-order valence-corrected chi connectivity index (χ4v) is 1.74. The first kappa shape index (κ1) is 12.9. The van der Waals surface area contributed by atoms with Crippen LogP contribution < -0.4 is 5.32 Å². The van der Waals surface area contributed by atoms with Gasteiger partial charge in [-0.1, -0.05) is 13.3 Å². The molecule has 0 radical (unpaired) electrons. The number of unbranched alkanes of at least 4 members (excludes halogenated alkanes) is 1. The fourth-order valence-electron chi connectivity index (χ4n) is 1.74. The lowest BCUT2D eigenvalue weighted by atomic mass is 10.1. The van der Waals surface area contributed by atoms with Crippen LogP contribution in [0.15, 0.2) is 0 Å². The monoisotopic (exact) mass is 219 g/mol. The predicted octanol–water partition coefficient (Wildman–Crippen LogP) is -1.14. The van der Waals surface area contributed by atoms with Crippen molar-refractivity contribution in [2.75, 3.05) is 19.8 Å². The molecule has 0 amide bonds. The third kappa shape index (κ3) is 3.39. The molecule has 1 aliphatic rings. The van der Waals surface area contributed by atoms with Gasteiger partial charge < -0.3 is 25.4 Å². The first-order valence-corrected chi connectivity index (χ1v) is 5.52. The normalized spacial score (nSPS) is 33.2.